The molecule has 2 N–H and O–H groups in total. The van der Waals surface area contributed by atoms with Crippen LogP contribution in [0.1, 0.15) is 27.0 Å². The first-order valence-electron chi connectivity index (χ1n) is 15.6. The van der Waals surface area contributed by atoms with Gasteiger partial charge in [-0.1, -0.05) is 77.5 Å². The van der Waals surface area contributed by atoms with Crippen molar-refractivity contribution in [2.75, 3.05) is 11.9 Å². The zero-order chi connectivity index (χ0) is 35.2. The number of anilines is 1. The second-order valence-electron chi connectivity index (χ2n) is 11.6. The van der Waals surface area contributed by atoms with Gasteiger partial charge in [0.15, 0.2) is 0 Å². The summed E-state index contributed by atoms with van der Waals surface area (Å²) < 4.78 is 33.4. The molecule has 50 heavy (non-hydrogen) atoms. The van der Waals surface area contributed by atoms with Crippen molar-refractivity contribution in [3.8, 4) is 34.0 Å². The highest BCUT2D eigenvalue weighted by Gasteiger charge is 2.20. The van der Waals surface area contributed by atoms with Crippen molar-refractivity contribution < 1.29 is 32.8 Å². The normalized spacial score (nSPS) is 10.9. The Bertz CT molecular complexity index is 2130. The number of halogens is 2. The van der Waals surface area contributed by atoms with Gasteiger partial charge in [0.1, 0.15) is 18.2 Å². The van der Waals surface area contributed by atoms with E-state index in [0.29, 0.717) is 28.5 Å². The van der Waals surface area contributed by atoms with Gasteiger partial charge in [0, 0.05) is 34.5 Å². The average molecular weight is 673 g/mol. The molecule has 1 heterocycles. The number of carbonyl (C=O) groups excluding carboxylic acids is 2. The average Bonchev–Trinajstić information content (AvgIpc) is 3.61. The van der Waals surface area contributed by atoms with Gasteiger partial charge in [-0.15, -0.1) is 0 Å². The SMILES string of the molecule is Cc1ccc(-c2ccc(-c3nc(-c4ccc(CN(CC(=O)O)C(=O)c5ccc(NC(=O)Cc6c(F)cccc6F)cc5)cc4)no3)cc2)cc1. The number of aliphatic carboxylic acids is 1. The lowest BCUT2D eigenvalue weighted by Crippen LogP contribution is -2.35. The second kappa shape index (κ2) is 14.7. The minimum atomic E-state index is -1.19. The van der Waals surface area contributed by atoms with Crippen LogP contribution < -0.4 is 5.32 Å². The summed E-state index contributed by atoms with van der Waals surface area (Å²) in [5.41, 5.74) is 5.61. The van der Waals surface area contributed by atoms with E-state index in [9.17, 15) is 28.3 Å². The van der Waals surface area contributed by atoms with Gasteiger partial charge in [-0.3, -0.25) is 14.4 Å². The van der Waals surface area contributed by atoms with Gasteiger partial charge >= 0.3 is 5.97 Å². The molecule has 0 aliphatic carbocycles. The summed E-state index contributed by atoms with van der Waals surface area (Å²) >= 11 is 0. The Morgan fingerprint density at radius 3 is 1.96 bits per heavy atom. The highest BCUT2D eigenvalue weighted by molar-refractivity contribution is 5.97. The summed E-state index contributed by atoms with van der Waals surface area (Å²) in [7, 11) is 0. The van der Waals surface area contributed by atoms with E-state index in [2.05, 4.69) is 39.7 Å². The van der Waals surface area contributed by atoms with Gasteiger partial charge in [0.05, 0.1) is 6.42 Å². The Labute approximate surface area is 285 Å². The third kappa shape index (κ3) is 7.96. The maximum atomic E-state index is 13.9. The number of amides is 2. The maximum Gasteiger partial charge on any atom is 0.323 e. The van der Waals surface area contributed by atoms with Crippen molar-refractivity contribution in [3.63, 3.8) is 0 Å². The molecule has 0 bridgehead atoms. The number of nitrogens with one attached hydrogen (secondary N) is 1. The van der Waals surface area contributed by atoms with E-state index in [0.717, 1.165) is 28.8 Å². The standard InChI is InChI=1S/C39H30F2N4O5/c1-24-5-9-26(10-6-24)27-13-15-29(16-14-27)38-43-37(44-50-38)28-11-7-25(8-12-28)22-45(23-36(47)48)39(49)30-17-19-31(20-18-30)42-35(46)21-32-33(40)3-2-4-34(32)41/h2-20H,21-23H2,1H3,(H,42,46)(H,47,48). The van der Waals surface area contributed by atoms with Crippen LogP contribution in [-0.2, 0) is 22.6 Å². The topological polar surface area (TPSA) is 126 Å². The zero-order valence-corrected chi connectivity index (χ0v) is 26.8. The molecule has 0 atom stereocenters. The van der Waals surface area contributed by atoms with Crippen LogP contribution in [-0.4, -0.2) is 44.5 Å². The number of aromatic nitrogens is 2. The number of hydrogen-bond donors (Lipinski definition) is 2. The molecule has 250 valence electrons. The lowest BCUT2D eigenvalue weighted by atomic mass is 10.0. The fraction of sp³-hybridized carbons (Fsp3) is 0.103. The van der Waals surface area contributed by atoms with Crippen LogP contribution in [0.15, 0.2) is 120 Å². The van der Waals surface area contributed by atoms with Gasteiger partial charge in [-0.2, -0.15) is 4.98 Å². The number of carbonyl (C=O) groups is 3. The molecule has 11 heteroatoms. The molecule has 0 aliphatic heterocycles. The Morgan fingerprint density at radius 2 is 1.34 bits per heavy atom. The number of rotatable bonds is 11. The fourth-order valence-electron chi connectivity index (χ4n) is 5.30. The summed E-state index contributed by atoms with van der Waals surface area (Å²) in [4.78, 5) is 43.1. The summed E-state index contributed by atoms with van der Waals surface area (Å²) in [6.45, 7) is 1.50. The molecular formula is C39H30F2N4O5. The van der Waals surface area contributed by atoms with Crippen LogP contribution in [0.5, 0.6) is 0 Å². The van der Waals surface area contributed by atoms with Crippen LogP contribution in [0, 0.1) is 18.6 Å². The molecule has 9 nitrogen and oxygen atoms in total. The lowest BCUT2D eigenvalue weighted by Gasteiger charge is -2.21. The van der Waals surface area contributed by atoms with E-state index < -0.39 is 42.4 Å². The molecule has 6 aromatic rings. The smallest absolute Gasteiger partial charge is 0.323 e. The molecule has 0 spiro atoms. The molecule has 1 aromatic heterocycles. The van der Waals surface area contributed by atoms with E-state index in [4.69, 9.17) is 4.52 Å². The fourth-order valence-corrected chi connectivity index (χ4v) is 5.30. The van der Waals surface area contributed by atoms with E-state index in [1.54, 1.807) is 24.3 Å². The molecule has 5 aromatic carbocycles. The number of nitrogens with zero attached hydrogens (tertiary/aromatic N) is 3. The van der Waals surface area contributed by atoms with E-state index in [1.165, 1.54) is 40.8 Å². The largest absolute Gasteiger partial charge is 0.480 e. The minimum absolute atomic E-state index is 0.00291. The third-order valence-electron chi connectivity index (χ3n) is 7.96. The molecule has 0 unspecified atom stereocenters. The lowest BCUT2D eigenvalue weighted by molar-refractivity contribution is -0.137. The van der Waals surface area contributed by atoms with Crippen molar-refractivity contribution >= 4 is 23.5 Å². The Balaban J connectivity index is 1.09. The van der Waals surface area contributed by atoms with Crippen molar-refractivity contribution in [1.29, 1.82) is 0 Å². The molecular weight excluding hydrogens is 642 g/mol. The molecule has 0 saturated heterocycles. The first-order chi connectivity index (χ1) is 24.1. The van der Waals surface area contributed by atoms with Crippen molar-refractivity contribution in [2.24, 2.45) is 0 Å². The summed E-state index contributed by atoms with van der Waals surface area (Å²) in [5.74, 6) is -3.29. The van der Waals surface area contributed by atoms with Crippen molar-refractivity contribution in [3.05, 3.63) is 149 Å². The number of carboxylic acids is 1. The molecule has 2 amide bonds. The predicted molar refractivity (Wildman–Crippen MR) is 183 cm³/mol. The highest BCUT2D eigenvalue weighted by atomic mass is 19.1. The predicted octanol–water partition coefficient (Wildman–Crippen LogP) is 7.57. The van der Waals surface area contributed by atoms with E-state index in [-0.39, 0.29) is 17.7 Å². The molecule has 0 saturated carbocycles. The van der Waals surface area contributed by atoms with Crippen LogP contribution in [0.2, 0.25) is 0 Å². The van der Waals surface area contributed by atoms with E-state index in [1.807, 2.05) is 31.2 Å². The monoisotopic (exact) mass is 672 g/mol. The highest BCUT2D eigenvalue weighted by Crippen LogP contribution is 2.27. The second-order valence-corrected chi connectivity index (χ2v) is 11.6. The van der Waals surface area contributed by atoms with Crippen molar-refractivity contribution in [1.82, 2.24) is 15.0 Å². The Kier molecular flexibility index (Phi) is 9.85. The number of hydrogen-bond acceptors (Lipinski definition) is 6. The number of benzene rings is 5. The molecule has 0 aliphatic rings. The van der Waals surface area contributed by atoms with Gasteiger partial charge in [0.25, 0.3) is 11.8 Å². The first kappa shape index (κ1) is 33.4. The molecule has 0 fully saturated rings. The van der Waals surface area contributed by atoms with Gasteiger partial charge in [-0.25, -0.2) is 8.78 Å². The maximum absolute atomic E-state index is 13.9. The van der Waals surface area contributed by atoms with Gasteiger partial charge in [-0.05, 0) is 72.1 Å². The first-order valence-corrected chi connectivity index (χ1v) is 15.6. The van der Waals surface area contributed by atoms with Crippen LogP contribution in [0.4, 0.5) is 14.5 Å². The number of aryl methyl sites for hydroxylation is 1. The zero-order valence-electron chi connectivity index (χ0n) is 26.8. The van der Waals surface area contributed by atoms with Gasteiger partial charge in [0.2, 0.25) is 11.7 Å². The van der Waals surface area contributed by atoms with Crippen LogP contribution >= 0.6 is 0 Å². The van der Waals surface area contributed by atoms with Crippen LogP contribution in [0.3, 0.4) is 0 Å². The summed E-state index contributed by atoms with van der Waals surface area (Å²) in [5, 5.41) is 16.2. The number of carboxylic acid groups (broad SMARTS) is 1. The van der Waals surface area contributed by atoms with Gasteiger partial charge < -0.3 is 19.8 Å². The minimum Gasteiger partial charge on any atom is -0.480 e. The van der Waals surface area contributed by atoms with E-state index >= 15 is 0 Å². The summed E-state index contributed by atoms with van der Waals surface area (Å²) in [6.07, 6.45) is -0.513. The van der Waals surface area contributed by atoms with Crippen molar-refractivity contribution in [2.45, 2.75) is 19.9 Å². The Morgan fingerprint density at radius 1 is 0.760 bits per heavy atom. The molecule has 6 rings (SSSR count). The van der Waals surface area contributed by atoms with Crippen LogP contribution in [0.25, 0.3) is 34.0 Å². The third-order valence-corrected chi connectivity index (χ3v) is 7.96. The Hall–Kier alpha value is -6.49. The quantitative estimate of drug-likeness (QED) is 0.145. The summed E-state index contributed by atoms with van der Waals surface area (Å²) in [6, 6.07) is 32.3. The molecule has 0 radical (unpaired) electrons.